The Morgan fingerprint density at radius 2 is 1.25 bits per heavy atom. The van der Waals surface area contributed by atoms with E-state index < -0.39 is 20.0 Å². The summed E-state index contributed by atoms with van der Waals surface area (Å²) in [5.74, 6) is 0.363. The highest BCUT2D eigenvalue weighted by atomic mass is 32.2. The van der Waals surface area contributed by atoms with Gasteiger partial charge >= 0.3 is 5.97 Å². The number of hydrogen-bond acceptors (Lipinski definition) is 12. The van der Waals surface area contributed by atoms with E-state index >= 15 is 0 Å². The Morgan fingerprint density at radius 1 is 0.769 bits per heavy atom. The predicted octanol–water partition coefficient (Wildman–Crippen LogP) is 4.94. The SMILES string of the molecule is C[C@@H]1C[C@H](C)CN(S(=O)(=O)c2ccc3c(NOCCOC(=O)CN4CCOCC4)c4ccc(S(=O)(=O)N5C[C@H](C)C[C@H](C)C5)cc4c(N=O)c3c2)C1. The molecule has 14 nitrogen and oxygen atoms in total. The van der Waals surface area contributed by atoms with Gasteiger partial charge < -0.3 is 9.47 Å². The Balaban J connectivity index is 1.35. The molecule has 6 rings (SSSR count). The molecule has 0 amide bonds. The first kappa shape index (κ1) is 38.5. The largest absolute Gasteiger partial charge is 0.462 e. The van der Waals surface area contributed by atoms with Crippen LogP contribution in [0.3, 0.4) is 0 Å². The summed E-state index contributed by atoms with van der Waals surface area (Å²) in [7, 11) is -7.87. The maximum absolute atomic E-state index is 13.9. The van der Waals surface area contributed by atoms with Gasteiger partial charge in [0.15, 0.2) is 0 Å². The highest BCUT2D eigenvalue weighted by Crippen LogP contribution is 2.44. The number of nitrogens with zero attached hydrogens (tertiary/aromatic N) is 4. The van der Waals surface area contributed by atoms with Crippen molar-refractivity contribution in [1.82, 2.24) is 13.5 Å². The van der Waals surface area contributed by atoms with E-state index in [1.807, 2.05) is 32.6 Å². The molecule has 52 heavy (non-hydrogen) atoms. The Morgan fingerprint density at radius 3 is 1.71 bits per heavy atom. The molecular formula is C36H49N5O9S2. The van der Waals surface area contributed by atoms with Crippen LogP contribution in [0.4, 0.5) is 11.4 Å². The van der Waals surface area contributed by atoms with Gasteiger partial charge in [0.1, 0.15) is 18.9 Å². The highest BCUT2D eigenvalue weighted by molar-refractivity contribution is 7.89. The van der Waals surface area contributed by atoms with Gasteiger partial charge in [0, 0.05) is 60.8 Å². The van der Waals surface area contributed by atoms with Crippen LogP contribution < -0.4 is 5.48 Å². The Hall–Kier alpha value is -3.25. The third-order valence-corrected chi connectivity index (χ3v) is 13.8. The number of nitrogens with one attached hydrogen (secondary N) is 1. The van der Waals surface area contributed by atoms with Gasteiger partial charge in [-0.2, -0.15) is 8.61 Å². The summed E-state index contributed by atoms with van der Waals surface area (Å²) in [6.45, 7) is 12.1. The van der Waals surface area contributed by atoms with Gasteiger partial charge in [0.05, 0.1) is 35.2 Å². The molecule has 0 aliphatic carbocycles. The zero-order chi connectivity index (χ0) is 37.2. The quantitative estimate of drug-likeness (QED) is 0.0875. The van der Waals surface area contributed by atoms with E-state index in [1.54, 1.807) is 12.1 Å². The first-order valence-electron chi connectivity index (χ1n) is 18.0. The van der Waals surface area contributed by atoms with Crippen LogP contribution >= 0.6 is 0 Å². The van der Waals surface area contributed by atoms with Crippen LogP contribution in [0.5, 0.6) is 0 Å². The number of hydrogen-bond donors (Lipinski definition) is 1. The lowest BCUT2D eigenvalue weighted by Crippen LogP contribution is -2.42. The molecule has 0 unspecified atom stereocenters. The lowest BCUT2D eigenvalue weighted by molar-refractivity contribution is -0.147. The van der Waals surface area contributed by atoms with E-state index in [-0.39, 0.29) is 75.7 Å². The van der Waals surface area contributed by atoms with E-state index in [0.29, 0.717) is 68.9 Å². The van der Waals surface area contributed by atoms with E-state index in [1.165, 1.54) is 32.9 Å². The zero-order valence-corrected chi connectivity index (χ0v) is 31.9. The molecule has 3 heterocycles. The van der Waals surface area contributed by atoms with Gasteiger partial charge in [0.2, 0.25) is 20.0 Å². The fourth-order valence-corrected chi connectivity index (χ4v) is 11.3. The van der Waals surface area contributed by atoms with Crippen molar-refractivity contribution in [3.63, 3.8) is 0 Å². The highest BCUT2D eigenvalue weighted by Gasteiger charge is 2.34. The second kappa shape index (κ2) is 16.0. The molecule has 3 aromatic carbocycles. The fourth-order valence-electron chi connectivity index (χ4n) is 7.90. The molecule has 3 fully saturated rings. The third-order valence-electron chi connectivity index (χ3n) is 10.1. The maximum atomic E-state index is 13.9. The molecule has 0 bridgehead atoms. The van der Waals surface area contributed by atoms with E-state index in [4.69, 9.17) is 14.3 Å². The molecule has 16 heteroatoms. The molecule has 3 saturated heterocycles. The Bertz CT molecular complexity index is 1880. The number of morpholine rings is 1. The summed E-state index contributed by atoms with van der Waals surface area (Å²) in [5, 5.41) is 4.69. The van der Waals surface area contributed by atoms with Crippen molar-refractivity contribution >= 4 is 58.9 Å². The third kappa shape index (κ3) is 8.27. The van der Waals surface area contributed by atoms with Crippen molar-refractivity contribution < 1.29 is 35.9 Å². The van der Waals surface area contributed by atoms with Crippen LogP contribution in [0.15, 0.2) is 51.4 Å². The number of sulfonamides is 2. The molecule has 0 aromatic heterocycles. The number of ether oxygens (including phenoxy) is 2. The van der Waals surface area contributed by atoms with E-state index in [9.17, 15) is 26.5 Å². The number of benzene rings is 3. The normalized spacial score (nSPS) is 24.2. The van der Waals surface area contributed by atoms with Crippen LogP contribution in [0.25, 0.3) is 21.5 Å². The van der Waals surface area contributed by atoms with Crippen molar-refractivity contribution in [3.05, 3.63) is 41.3 Å². The minimum Gasteiger partial charge on any atom is -0.462 e. The smallest absolute Gasteiger partial charge is 0.320 e. The number of nitroso groups, excluding NO2 is 1. The van der Waals surface area contributed by atoms with Crippen LogP contribution in [-0.4, -0.2) is 109 Å². The Kier molecular flexibility index (Phi) is 11.8. The van der Waals surface area contributed by atoms with Crippen LogP contribution in [0.2, 0.25) is 0 Å². The molecule has 284 valence electrons. The number of piperidine rings is 2. The number of fused-ring (bicyclic) bond motifs is 2. The average Bonchev–Trinajstić information content (AvgIpc) is 3.10. The van der Waals surface area contributed by atoms with Crippen molar-refractivity contribution in [3.8, 4) is 0 Å². The number of carbonyl (C=O) groups is 1. The lowest BCUT2D eigenvalue weighted by Gasteiger charge is -2.34. The Labute approximate surface area is 305 Å². The van der Waals surface area contributed by atoms with Crippen LogP contribution in [0, 0.1) is 28.6 Å². The summed E-state index contributed by atoms with van der Waals surface area (Å²) in [6.07, 6.45) is 1.86. The molecule has 4 atom stereocenters. The topological polar surface area (TPSA) is 164 Å². The second-order valence-corrected chi connectivity index (χ2v) is 18.7. The van der Waals surface area contributed by atoms with Crippen molar-refractivity contribution in [2.24, 2.45) is 28.8 Å². The number of anilines is 1. The first-order valence-corrected chi connectivity index (χ1v) is 20.9. The number of carbonyl (C=O) groups excluding carboxylic acids is 1. The molecule has 0 radical (unpaired) electrons. The predicted molar refractivity (Wildman–Crippen MR) is 198 cm³/mol. The maximum Gasteiger partial charge on any atom is 0.320 e. The minimum atomic E-state index is -3.93. The fraction of sp³-hybridized carbons (Fsp3) is 0.583. The van der Waals surface area contributed by atoms with Crippen molar-refractivity contribution in [1.29, 1.82) is 0 Å². The standard InChI is InChI=1S/C36H49N5O9S2/c1-24-15-25(2)20-40(19-24)51(44,45)28-5-7-30-32(17-28)35(37-43)33-18-29(52(46,47)41-21-26(3)16-27(4)22-41)6-8-31(33)36(30)38-50-14-13-49-34(42)23-39-9-11-48-12-10-39/h5-8,17-18,24-27,38H,9-16,19-23H2,1-4H3/t24-,25+,26-,27+. The summed E-state index contributed by atoms with van der Waals surface area (Å²) in [4.78, 5) is 32.8. The van der Waals surface area contributed by atoms with Crippen LogP contribution in [0.1, 0.15) is 40.5 Å². The van der Waals surface area contributed by atoms with Gasteiger partial charge in [-0.15, -0.1) is 4.91 Å². The van der Waals surface area contributed by atoms with E-state index in [2.05, 4.69) is 10.7 Å². The molecule has 3 aliphatic rings. The minimum absolute atomic E-state index is 0.00432. The second-order valence-electron chi connectivity index (χ2n) is 14.8. The number of rotatable bonds is 12. The van der Waals surface area contributed by atoms with Gasteiger partial charge in [-0.1, -0.05) is 39.8 Å². The molecule has 3 aliphatic heterocycles. The van der Waals surface area contributed by atoms with Crippen LogP contribution in [-0.2, 0) is 39.2 Å². The van der Waals surface area contributed by atoms with Crippen molar-refractivity contribution in [2.75, 3.05) is 77.7 Å². The first-order chi connectivity index (χ1) is 24.8. The van der Waals surface area contributed by atoms with Gasteiger partial charge in [-0.3, -0.25) is 20.0 Å². The molecule has 0 saturated carbocycles. The molecule has 3 aromatic rings. The summed E-state index contributed by atoms with van der Waals surface area (Å²) in [6, 6.07) is 9.05. The zero-order valence-electron chi connectivity index (χ0n) is 30.2. The molecular weight excluding hydrogens is 711 g/mol. The summed E-state index contributed by atoms with van der Waals surface area (Å²) >= 11 is 0. The lowest BCUT2D eigenvalue weighted by atomic mass is 9.94. The van der Waals surface area contributed by atoms with Gasteiger partial charge in [0.25, 0.3) is 0 Å². The van der Waals surface area contributed by atoms with Gasteiger partial charge in [-0.25, -0.2) is 16.8 Å². The van der Waals surface area contributed by atoms with Gasteiger partial charge in [-0.05, 0) is 66.0 Å². The number of esters is 1. The molecule has 1 N–H and O–H groups in total. The monoisotopic (exact) mass is 759 g/mol. The van der Waals surface area contributed by atoms with E-state index in [0.717, 1.165) is 12.8 Å². The summed E-state index contributed by atoms with van der Waals surface area (Å²) in [5.41, 5.74) is 3.22. The summed E-state index contributed by atoms with van der Waals surface area (Å²) < 4.78 is 69.4. The molecule has 0 spiro atoms. The average molecular weight is 760 g/mol. The van der Waals surface area contributed by atoms with Crippen molar-refractivity contribution in [2.45, 2.75) is 50.3 Å².